The van der Waals surface area contributed by atoms with Crippen LogP contribution in [-0.2, 0) is 24.4 Å². The summed E-state index contributed by atoms with van der Waals surface area (Å²) in [4.78, 5) is 6.97. The van der Waals surface area contributed by atoms with E-state index in [-0.39, 0.29) is 0 Å². The third kappa shape index (κ3) is 4.28. The highest BCUT2D eigenvalue weighted by atomic mass is 16.5. The lowest BCUT2D eigenvalue weighted by Gasteiger charge is -2.26. The monoisotopic (exact) mass is 347 g/mol. The maximum Gasteiger partial charge on any atom is 0.0746 e. The van der Waals surface area contributed by atoms with Crippen molar-refractivity contribution in [3.8, 4) is 0 Å². The molecule has 2 aromatic carbocycles. The number of para-hydroxylation sites is 1. The van der Waals surface area contributed by atoms with Crippen LogP contribution in [0.3, 0.4) is 0 Å². The van der Waals surface area contributed by atoms with Crippen molar-refractivity contribution in [1.82, 2.24) is 15.2 Å². The number of hydrogen-bond donors (Lipinski definition) is 1. The van der Waals surface area contributed by atoms with Crippen molar-refractivity contribution in [2.75, 3.05) is 26.3 Å². The Balaban J connectivity index is 1.31. The van der Waals surface area contributed by atoms with Crippen LogP contribution in [0.2, 0.25) is 0 Å². The molecule has 0 bridgehead atoms. The molecule has 4 heteroatoms. The number of ether oxygens (including phenoxy) is 1. The van der Waals surface area contributed by atoms with Crippen LogP contribution in [0.15, 0.2) is 60.8 Å². The third-order valence-corrected chi connectivity index (χ3v) is 4.89. The molecule has 0 saturated carbocycles. The Kier molecular flexibility index (Phi) is 5.55. The summed E-state index contributed by atoms with van der Waals surface area (Å²) in [7, 11) is 0. The number of benzene rings is 2. The highest BCUT2D eigenvalue weighted by molar-refractivity contribution is 5.81. The molecule has 1 aromatic heterocycles. The summed E-state index contributed by atoms with van der Waals surface area (Å²) >= 11 is 0. The van der Waals surface area contributed by atoms with Gasteiger partial charge in [-0.3, -0.25) is 9.88 Å². The molecule has 2 heterocycles. The van der Waals surface area contributed by atoms with E-state index < -0.39 is 0 Å². The van der Waals surface area contributed by atoms with Crippen LogP contribution in [0.1, 0.15) is 16.7 Å². The minimum atomic E-state index is 0.823. The maximum atomic E-state index is 5.41. The Morgan fingerprint density at radius 2 is 1.65 bits per heavy atom. The van der Waals surface area contributed by atoms with Gasteiger partial charge in [-0.15, -0.1) is 0 Å². The van der Waals surface area contributed by atoms with Crippen LogP contribution in [0, 0.1) is 0 Å². The first-order valence-corrected chi connectivity index (χ1v) is 9.30. The lowest BCUT2D eigenvalue weighted by Crippen LogP contribution is -2.35. The van der Waals surface area contributed by atoms with Crippen LogP contribution in [-0.4, -0.2) is 36.2 Å². The maximum absolute atomic E-state index is 5.41. The molecule has 3 aromatic rings. The number of fused-ring (bicyclic) bond motifs is 1. The van der Waals surface area contributed by atoms with E-state index in [1.54, 1.807) is 0 Å². The highest BCUT2D eigenvalue weighted by Crippen LogP contribution is 2.16. The first-order valence-electron chi connectivity index (χ1n) is 9.30. The van der Waals surface area contributed by atoms with E-state index in [1.807, 2.05) is 12.3 Å². The summed E-state index contributed by atoms with van der Waals surface area (Å²) in [5, 5.41) is 4.74. The number of nitrogens with one attached hydrogen (secondary N) is 1. The summed E-state index contributed by atoms with van der Waals surface area (Å²) in [5.74, 6) is 0. The Morgan fingerprint density at radius 3 is 2.50 bits per heavy atom. The molecule has 0 radical (unpaired) electrons. The lowest BCUT2D eigenvalue weighted by molar-refractivity contribution is 0.0342. The van der Waals surface area contributed by atoms with Gasteiger partial charge in [0, 0.05) is 44.3 Å². The topological polar surface area (TPSA) is 37.4 Å². The quantitative estimate of drug-likeness (QED) is 0.742. The molecule has 4 nitrogen and oxygen atoms in total. The van der Waals surface area contributed by atoms with Crippen molar-refractivity contribution >= 4 is 10.9 Å². The van der Waals surface area contributed by atoms with E-state index in [2.05, 4.69) is 63.7 Å². The van der Waals surface area contributed by atoms with Gasteiger partial charge in [0.25, 0.3) is 0 Å². The summed E-state index contributed by atoms with van der Waals surface area (Å²) in [6.45, 7) is 6.46. The van der Waals surface area contributed by atoms with Gasteiger partial charge >= 0.3 is 0 Å². The van der Waals surface area contributed by atoms with Gasteiger partial charge in [-0.2, -0.15) is 0 Å². The molecule has 1 fully saturated rings. The zero-order valence-corrected chi connectivity index (χ0v) is 15.0. The van der Waals surface area contributed by atoms with Crippen molar-refractivity contribution in [3.05, 3.63) is 77.5 Å². The molecule has 1 aliphatic rings. The number of morpholine rings is 1. The third-order valence-electron chi connectivity index (χ3n) is 4.89. The van der Waals surface area contributed by atoms with Crippen LogP contribution in [0.25, 0.3) is 10.9 Å². The van der Waals surface area contributed by atoms with Crippen molar-refractivity contribution in [3.63, 3.8) is 0 Å². The molecule has 1 N–H and O–H groups in total. The second-order valence-electron chi connectivity index (χ2n) is 6.80. The van der Waals surface area contributed by atoms with Gasteiger partial charge in [0.1, 0.15) is 0 Å². The molecule has 0 amide bonds. The molecule has 0 aliphatic carbocycles. The van der Waals surface area contributed by atoms with Gasteiger partial charge in [0.2, 0.25) is 0 Å². The molecule has 0 unspecified atom stereocenters. The molecule has 134 valence electrons. The largest absolute Gasteiger partial charge is 0.379 e. The number of rotatable bonds is 6. The van der Waals surface area contributed by atoms with Gasteiger partial charge in [0.05, 0.1) is 18.7 Å². The molecule has 1 aliphatic heterocycles. The number of pyridine rings is 1. The predicted octanol–water partition coefficient (Wildman–Crippen LogP) is 3.36. The van der Waals surface area contributed by atoms with E-state index in [0.29, 0.717) is 0 Å². The number of aromatic nitrogens is 1. The van der Waals surface area contributed by atoms with Crippen molar-refractivity contribution in [2.45, 2.75) is 19.6 Å². The predicted molar refractivity (Wildman–Crippen MR) is 105 cm³/mol. The first kappa shape index (κ1) is 17.2. The molecular formula is C22H25N3O. The van der Waals surface area contributed by atoms with Gasteiger partial charge < -0.3 is 10.1 Å². The van der Waals surface area contributed by atoms with Crippen molar-refractivity contribution in [1.29, 1.82) is 0 Å². The van der Waals surface area contributed by atoms with Crippen molar-refractivity contribution in [2.24, 2.45) is 0 Å². The lowest BCUT2D eigenvalue weighted by atomic mass is 10.1. The minimum absolute atomic E-state index is 0.823. The first-order chi connectivity index (χ1) is 12.9. The average molecular weight is 347 g/mol. The molecule has 0 spiro atoms. The van der Waals surface area contributed by atoms with E-state index in [1.165, 1.54) is 22.1 Å². The highest BCUT2D eigenvalue weighted by Gasteiger charge is 2.10. The van der Waals surface area contributed by atoms with Gasteiger partial charge in [-0.1, -0.05) is 48.5 Å². The fourth-order valence-corrected chi connectivity index (χ4v) is 3.43. The van der Waals surface area contributed by atoms with E-state index in [0.717, 1.165) is 51.5 Å². The summed E-state index contributed by atoms with van der Waals surface area (Å²) in [6.07, 6.45) is 1.86. The van der Waals surface area contributed by atoms with E-state index in [9.17, 15) is 0 Å². The van der Waals surface area contributed by atoms with Gasteiger partial charge in [-0.25, -0.2) is 0 Å². The minimum Gasteiger partial charge on any atom is -0.379 e. The summed E-state index contributed by atoms with van der Waals surface area (Å²) in [6, 6.07) is 19.4. The fourth-order valence-electron chi connectivity index (χ4n) is 3.43. The van der Waals surface area contributed by atoms with Crippen LogP contribution >= 0.6 is 0 Å². The van der Waals surface area contributed by atoms with Crippen LogP contribution in [0.5, 0.6) is 0 Å². The Labute approximate surface area is 154 Å². The normalized spacial score (nSPS) is 15.4. The Bertz CT molecular complexity index is 836. The van der Waals surface area contributed by atoms with Crippen LogP contribution < -0.4 is 5.32 Å². The molecule has 1 saturated heterocycles. The van der Waals surface area contributed by atoms with Crippen molar-refractivity contribution < 1.29 is 4.74 Å². The smallest absolute Gasteiger partial charge is 0.0746 e. The molecule has 0 atom stereocenters. The number of nitrogens with zero attached hydrogens (tertiary/aromatic N) is 2. The van der Waals surface area contributed by atoms with E-state index >= 15 is 0 Å². The zero-order chi connectivity index (χ0) is 17.6. The summed E-state index contributed by atoms with van der Waals surface area (Å²) < 4.78 is 5.41. The standard InChI is InChI=1S/C22H25N3O/c1-3-20-5-2-10-24-22(20)21(4-1)16-23-15-18-6-8-19(9-7-18)17-25-11-13-26-14-12-25/h1-10,23H,11-17H2. The van der Waals surface area contributed by atoms with Crippen LogP contribution in [0.4, 0.5) is 0 Å². The molecule has 4 rings (SSSR count). The zero-order valence-electron chi connectivity index (χ0n) is 15.0. The van der Waals surface area contributed by atoms with E-state index in [4.69, 9.17) is 4.74 Å². The second-order valence-corrected chi connectivity index (χ2v) is 6.80. The molecule has 26 heavy (non-hydrogen) atoms. The Morgan fingerprint density at radius 1 is 0.885 bits per heavy atom. The average Bonchev–Trinajstić information content (AvgIpc) is 2.70. The summed E-state index contributed by atoms with van der Waals surface area (Å²) in [5.41, 5.74) is 5.01. The number of hydrogen-bond acceptors (Lipinski definition) is 4. The fraction of sp³-hybridized carbons (Fsp3) is 0.318. The Hall–Kier alpha value is -2.27. The second kappa shape index (κ2) is 8.41. The SMILES string of the molecule is c1cnc2c(CNCc3ccc(CN4CCOCC4)cc3)cccc2c1. The van der Waals surface area contributed by atoms with Gasteiger partial charge in [0.15, 0.2) is 0 Å². The molecular weight excluding hydrogens is 322 g/mol. The van der Waals surface area contributed by atoms with Gasteiger partial charge in [-0.05, 0) is 22.8 Å².